The van der Waals surface area contributed by atoms with Gasteiger partial charge >= 0.3 is 6.09 Å². The lowest BCUT2D eigenvalue weighted by atomic mass is 10.0. The minimum Gasteiger partial charge on any atom is -0.508 e. The molecule has 0 spiro atoms. The predicted molar refractivity (Wildman–Crippen MR) is 130 cm³/mol. The fourth-order valence-corrected chi connectivity index (χ4v) is 3.26. The molecule has 1 unspecified atom stereocenters. The van der Waals surface area contributed by atoms with Crippen molar-refractivity contribution in [3.05, 3.63) is 77.9 Å². The molecule has 1 atom stereocenters. The Kier molecular flexibility index (Phi) is 9.24. The Morgan fingerprint density at radius 2 is 1.79 bits per heavy atom. The number of alkyl carbamates (subject to hydrolysis) is 1. The van der Waals surface area contributed by atoms with Gasteiger partial charge in [-0.05, 0) is 56.5 Å². The number of benzene rings is 2. The van der Waals surface area contributed by atoms with Gasteiger partial charge in [-0.3, -0.25) is 9.59 Å². The second-order valence-electron chi connectivity index (χ2n) is 8.84. The first-order valence-corrected chi connectivity index (χ1v) is 11.0. The van der Waals surface area contributed by atoms with Crippen molar-refractivity contribution in [2.75, 3.05) is 13.1 Å². The molecule has 0 bridgehead atoms. The SMILES string of the molecule is C=CCN(C(=O)CNC(=O)OC(C)(C)C)C(C(=O)NCc1ccccc1)c1ccc(O)c(C)c1. The van der Waals surface area contributed by atoms with Gasteiger partial charge in [0.25, 0.3) is 0 Å². The second-order valence-corrected chi connectivity index (χ2v) is 8.84. The Labute approximate surface area is 200 Å². The Bertz CT molecular complexity index is 1010. The highest BCUT2D eigenvalue weighted by atomic mass is 16.6. The van der Waals surface area contributed by atoms with Crippen LogP contribution >= 0.6 is 0 Å². The van der Waals surface area contributed by atoms with Crippen LogP contribution in [0, 0.1) is 6.92 Å². The minimum atomic E-state index is -1.01. The van der Waals surface area contributed by atoms with Crippen LogP contribution in [0.25, 0.3) is 0 Å². The van der Waals surface area contributed by atoms with Crippen molar-refractivity contribution in [3.63, 3.8) is 0 Å². The van der Waals surface area contributed by atoms with Gasteiger partial charge in [-0.2, -0.15) is 0 Å². The zero-order chi connectivity index (χ0) is 25.3. The summed E-state index contributed by atoms with van der Waals surface area (Å²) in [5, 5.41) is 15.3. The molecule has 0 aliphatic carbocycles. The van der Waals surface area contributed by atoms with E-state index >= 15 is 0 Å². The zero-order valence-electron chi connectivity index (χ0n) is 20.1. The van der Waals surface area contributed by atoms with Crippen molar-refractivity contribution in [2.24, 2.45) is 0 Å². The lowest BCUT2D eigenvalue weighted by molar-refractivity contribution is -0.139. The van der Waals surface area contributed by atoms with E-state index in [9.17, 15) is 19.5 Å². The summed E-state index contributed by atoms with van der Waals surface area (Å²) in [5.41, 5.74) is 1.28. The van der Waals surface area contributed by atoms with Crippen molar-refractivity contribution in [1.29, 1.82) is 0 Å². The molecule has 3 N–H and O–H groups in total. The van der Waals surface area contributed by atoms with Crippen molar-refractivity contribution < 1.29 is 24.2 Å². The number of amides is 3. The summed E-state index contributed by atoms with van der Waals surface area (Å²) in [5.74, 6) is -0.807. The molecule has 8 heteroatoms. The summed E-state index contributed by atoms with van der Waals surface area (Å²) in [6, 6.07) is 13.1. The quantitative estimate of drug-likeness (QED) is 0.489. The third-order valence-electron chi connectivity index (χ3n) is 4.84. The van der Waals surface area contributed by atoms with Gasteiger partial charge < -0.3 is 25.4 Å². The minimum absolute atomic E-state index is 0.0676. The molecule has 8 nitrogen and oxygen atoms in total. The van der Waals surface area contributed by atoms with E-state index in [-0.39, 0.29) is 25.4 Å². The number of phenolic OH excluding ortho intramolecular Hbond substituents is 1. The van der Waals surface area contributed by atoms with Crippen molar-refractivity contribution in [1.82, 2.24) is 15.5 Å². The molecular formula is C26H33N3O5. The molecule has 0 aliphatic heterocycles. The van der Waals surface area contributed by atoms with Crippen LogP contribution in [0.5, 0.6) is 5.75 Å². The Morgan fingerprint density at radius 1 is 1.12 bits per heavy atom. The molecule has 2 aromatic carbocycles. The van der Waals surface area contributed by atoms with E-state index in [4.69, 9.17) is 4.74 Å². The highest BCUT2D eigenvalue weighted by Gasteiger charge is 2.31. The Balaban J connectivity index is 2.29. The molecule has 0 fully saturated rings. The van der Waals surface area contributed by atoms with Crippen LogP contribution in [0.3, 0.4) is 0 Å². The lowest BCUT2D eigenvalue weighted by Crippen LogP contribution is -2.47. The molecule has 0 aromatic heterocycles. The molecule has 2 rings (SSSR count). The van der Waals surface area contributed by atoms with E-state index in [0.29, 0.717) is 11.1 Å². The number of hydrogen-bond donors (Lipinski definition) is 3. The van der Waals surface area contributed by atoms with Gasteiger partial charge in [0.2, 0.25) is 11.8 Å². The topological polar surface area (TPSA) is 108 Å². The number of aryl methyl sites for hydroxylation is 1. The maximum absolute atomic E-state index is 13.3. The smallest absolute Gasteiger partial charge is 0.408 e. The summed E-state index contributed by atoms with van der Waals surface area (Å²) in [4.78, 5) is 39.8. The number of phenols is 1. The van der Waals surface area contributed by atoms with Gasteiger partial charge in [-0.15, -0.1) is 6.58 Å². The van der Waals surface area contributed by atoms with Crippen LogP contribution < -0.4 is 10.6 Å². The van der Waals surface area contributed by atoms with Gasteiger partial charge in [0.05, 0.1) is 0 Å². The van der Waals surface area contributed by atoms with Gasteiger partial charge in [-0.1, -0.05) is 42.5 Å². The number of ether oxygens (including phenoxy) is 1. The molecule has 0 aliphatic rings. The number of aromatic hydroxyl groups is 1. The normalized spacial score (nSPS) is 11.8. The standard InChI is InChI=1S/C26H33N3O5/c1-6-14-29(22(31)17-28-25(33)34-26(3,4)5)23(20-12-13-21(30)18(2)15-20)24(32)27-16-19-10-8-7-9-11-19/h6-13,15,23,30H,1,14,16-17H2,2-5H3,(H,27,32)(H,28,33). The van der Waals surface area contributed by atoms with Crippen LogP contribution in [0.2, 0.25) is 0 Å². The van der Waals surface area contributed by atoms with Gasteiger partial charge in [0.15, 0.2) is 0 Å². The van der Waals surface area contributed by atoms with E-state index in [1.807, 2.05) is 30.3 Å². The van der Waals surface area contributed by atoms with Crippen LogP contribution in [0.1, 0.15) is 43.5 Å². The highest BCUT2D eigenvalue weighted by Crippen LogP contribution is 2.26. The summed E-state index contributed by atoms with van der Waals surface area (Å²) in [7, 11) is 0. The average Bonchev–Trinajstić information content (AvgIpc) is 2.77. The molecule has 2 aromatic rings. The van der Waals surface area contributed by atoms with Crippen LogP contribution in [0.15, 0.2) is 61.2 Å². The number of rotatable bonds is 9. The van der Waals surface area contributed by atoms with Gasteiger partial charge in [-0.25, -0.2) is 4.79 Å². The second kappa shape index (κ2) is 11.9. The van der Waals surface area contributed by atoms with Gasteiger partial charge in [0, 0.05) is 13.1 Å². The summed E-state index contributed by atoms with van der Waals surface area (Å²) in [6.45, 7) is 10.6. The van der Waals surface area contributed by atoms with Crippen LogP contribution in [0.4, 0.5) is 4.79 Å². The third kappa shape index (κ3) is 7.95. The average molecular weight is 468 g/mol. The summed E-state index contributed by atoms with van der Waals surface area (Å²) >= 11 is 0. The van der Waals surface area contributed by atoms with Crippen LogP contribution in [-0.4, -0.2) is 46.6 Å². The maximum Gasteiger partial charge on any atom is 0.408 e. The van der Waals surface area contributed by atoms with E-state index in [2.05, 4.69) is 17.2 Å². The molecule has 0 radical (unpaired) electrons. The maximum atomic E-state index is 13.3. The van der Waals surface area contributed by atoms with Crippen molar-refractivity contribution in [2.45, 2.75) is 45.9 Å². The molecule has 0 heterocycles. The zero-order valence-corrected chi connectivity index (χ0v) is 20.1. The number of nitrogens with zero attached hydrogens (tertiary/aromatic N) is 1. The highest BCUT2D eigenvalue weighted by molar-refractivity contribution is 5.90. The number of carbonyl (C=O) groups excluding carboxylic acids is 3. The molecule has 182 valence electrons. The lowest BCUT2D eigenvalue weighted by Gasteiger charge is -2.31. The molecule has 34 heavy (non-hydrogen) atoms. The van der Waals surface area contributed by atoms with Gasteiger partial charge in [0.1, 0.15) is 23.9 Å². The first-order chi connectivity index (χ1) is 16.0. The number of hydrogen-bond acceptors (Lipinski definition) is 5. The molecule has 3 amide bonds. The fourth-order valence-electron chi connectivity index (χ4n) is 3.26. The monoisotopic (exact) mass is 467 g/mol. The van der Waals surface area contributed by atoms with E-state index in [1.54, 1.807) is 39.8 Å². The number of carbonyl (C=O) groups is 3. The first-order valence-electron chi connectivity index (χ1n) is 11.0. The predicted octanol–water partition coefficient (Wildman–Crippen LogP) is 3.60. The third-order valence-corrected chi connectivity index (χ3v) is 4.84. The summed E-state index contributed by atoms with van der Waals surface area (Å²) < 4.78 is 5.19. The fraction of sp³-hybridized carbons (Fsp3) is 0.346. The van der Waals surface area contributed by atoms with E-state index in [0.717, 1.165) is 5.56 Å². The molecule has 0 saturated carbocycles. The van der Waals surface area contributed by atoms with Crippen molar-refractivity contribution in [3.8, 4) is 5.75 Å². The number of nitrogens with one attached hydrogen (secondary N) is 2. The largest absolute Gasteiger partial charge is 0.508 e. The Morgan fingerprint density at radius 3 is 2.38 bits per heavy atom. The van der Waals surface area contributed by atoms with E-state index in [1.165, 1.54) is 17.0 Å². The molecular weight excluding hydrogens is 434 g/mol. The summed E-state index contributed by atoms with van der Waals surface area (Å²) in [6.07, 6.45) is 0.779. The van der Waals surface area contributed by atoms with Crippen molar-refractivity contribution >= 4 is 17.9 Å². The van der Waals surface area contributed by atoms with Crippen LogP contribution in [-0.2, 0) is 20.9 Å². The Hall–Kier alpha value is -3.81. The molecule has 0 saturated heterocycles. The van der Waals surface area contributed by atoms with E-state index < -0.39 is 29.6 Å². The first kappa shape index (κ1) is 26.4.